The van der Waals surface area contributed by atoms with Gasteiger partial charge in [0, 0.05) is 13.2 Å². The first-order valence-corrected chi connectivity index (χ1v) is 6.40. The molecule has 0 heterocycles. The average Bonchev–Trinajstić information content (AvgIpc) is 2.19. The van der Waals surface area contributed by atoms with E-state index >= 15 is 0 Å². The van der Waals surface area contributed by atoms with Gasteiger partial charge in [-0.25, -0.2) is 0 Å². The molecule has 0 amide bonds. The number of hydrogen-bond donors (Lipinski definition) is 1. The summed E-state index contributed by atoms with van der Waals surface area (Å²) in [5.74, 6) is 0. The molecule has 1 N–H and O–H groups in total. The van der Waals surface area contributed by atoms with E-state index in [9.17, 15) is 0 Å². The topological polar surface area (TPSA) is 30.5 Å². The molecule has 2 unspecified atom stereocenters. The van der Waals surface area contributed by atoms with Crippen LogP contribution in [0.25, 0.3) is 0 Å². The highest BCUT2D eigenvalue weighted by Crippen LogP contribution is 2.25. The van der Waals surface area contributed by atoms with Gasteiger partial charge >= 0.3 is 0 Å². The van der Waals surface area contributed by atoms with E-state index in [-0.39, 0.29) is 17.6 Å². The summed E-state index contributed by atoms with van der Waals surface area (Å²) in [5, 5.41) is 3.46. The molecular formula is C13H29NO2. The SMILES string of the molecule is CCNC(COCC)C(OCC)C(C)(C)C. The van der Waals surface area contributed by atoms with E-state index in [0.717, 1.165) is 19.8 Å². The zero-order chi connectivity index (χ0) is 12.6. The van der Waals surface area contributed by atoms with Crippen molar-refractivity contribution in [2.45, 2.75) is 53.7 Å². The monoisotopic (exact) mass is 231 g/mol. The maximum Gasteiger partial charge on any atom is 0.0798 e. The Hall–Kier alpha value is -0.120. The van der Waals surface area contributed by atoms with Gasteiger partial charge in [0.15, 0.2) is 0 Å². The van der Waals surface area contributed by atoms with E-state index in [1.807, 2.05) is 13.8 Å². The summed E-state index contributed by atoms with van der Waals surface area (Å²) in [6, 6.07) is 0.268. The molecule has 0 spiro atoms. The second-order valence-electron chi connectivity index (χ2n) is 5.07. The predicted octanol–water partition coefficient (Wildman–Crippen LogP) is 2.45. The smallest absolute Gasteiger partial charge is 0.0798 e. The van der Waals surface area contributed by atoms with Gasteiger partial charge in [0.05, 0.1) is 18.8 Å². The number of ether oxygens (including phenoxy) is 2. The van der Waals surface area contributed by atoms with Crippen LogP contribution < -0.4 is 5.32 Å². The molecule has 0 aliphatic carbocycles. The summed E-state index contributed by atoms with van der Waals surface area (Å²) < 4.78 is 11.4. The van der Waals surface area contributed by atoms with E-state index in [0.29, 0.717) is 6.61 Å². The van der Waals surface area contributed by atoms with Gasteiger partial charge in [0.2, 0.25) is 0 Å². The van der Waals surface area contributed by atoms with Crippen LogP contribution in [0.15, 0.2) is 0 Å². The van der Waals surface area contributed by atoms with Crippen molar-refractivity contribution in [2.24, 2.45) is 5.41 Å². The summed E-state index contributed by atoms with van der Waals surface area (Å²) in [7, 11) is 0. The molecule has 3 nitrogen and oxygen atoms in total. The second-order valence-corrected chi connectivity index (χ2v) is 5.07. The molecule has 0 aromatic heterocycles. The van der Waals surface area contributed by atoms with Gasteiger partial charge in [-0.3, -0.25) is 0 Å². The van der Waals surface area contributed by atoms with Gasteiger partial charge in [-0.05, 0) is 25.8 Å². The van der Waals surface area contributed by atoms with Gasteiger partial charge in [-0.1, -0.05) is 27.7 Å². The number of nitrogens with one attached hydrogen (secondary N) is 1. The molecule has 3 heteroatoms. The fourth-order valence-electron chi connectivity index (χ4n) is 1.91. The third kappa shape index (κ3) is 5.83. The third-order valence-corrected chi connectivity index (χ3v) is 2.53. The lowest BCUT2D eigenvalue weighted by atomic mass is 9.84. The lowest BCUT2D eigenvalue weighted by molar-refractivity contribution is -0.0544. The fraction of sp³-hybridized carbons (Fsp3) is 1.00. The van der Waals surface area contributed by atoms with Crippen LogP contribution in [0.3, 0.4) is 0 Å². The van der Waals surface area contributed by atoms with E-state index < -0.39 is 0 Å². The van der Waals surface area contributed by atoms with Gasteiger partial charge in [-0.2, -0.15) is 0 Å². The van der Waals surface area contributed by atoms with Crippen LogP contribution in [0.2, 0.25) is 0 Å². The predicted molar refractivity (Wildman–Crippen MR) is 68.8 cm³/mol. The minimum absolute atomic E-state index is 0.125. The van der Waals surface area contributed by atoms with E-state index in [4.69, 9.17) is 9.47 Å². The summed E-state index contributed by atoms with van der Waals surface area (Å²) in [4.78, 5) is 0. The Labute approximate surface area is 101 Å². The molecule has 0 aromatic rings. The molecule has 0 saturated heterocycles. The normalized spacial score (nSPS) is 16.1. The Morgan fingerprint density at radius 1 is 1.06 bits per heavy atom. The highest BCUT2D eigenvalue weighted by molar-refractivity contribution is 4.86. The van der Waals surface area contributed by atoms with Gasteiger partial charge in [0.1, 0.15) is 0 Å². The maximum absolute atomic E-state index is 5.88. The molecule has 0 bridgehead atoms. The number of rotatable bonds is 8. The minimum atomic E-state index is 0.125. The Balaban J connectivity index is 4.51. The molecule has 16 heavy (non-hydrogen) atoms. The highest BCUT2D eigenvalue weighted by Gasteiger charge is 2.32. The van der Waals surface area contributed by atoms with Crippen LogP contribution in [0.1, 0.15) is 41.5 Å². The molecule has 0 aromatic carbocycles. The van der Waals surface area contributed by atoms with Crippen LogP contribution in [-0.4, -0.2) is 38.5 Å². The lowest BCUT2D eigenvalue weighted by Gasteiger charge is -2.37. The van der Waals surface area contributed by atoms with Crippen LogP contribution >= 0.6 is 0 Å². The van der Waals surface area contributed by atoms with Crippen LogP contribution in [-0.2, 0) is 9.47 Å². The maximum atomic E-state index is 5.88. The molecule has 0 saturated carbocycles. The zero-order valence-corrected chi connectivity index (χ0v) is 11.8. The molecule has 0 fully saturated rings. The molecular weight excluding hydrogens is 202 g/mol. The quantitative estimate of drug-likeness (QED) is 0.696. The Morgan fingerprint density at radius 2 is 1.69 bits per heavy atom. The highest BCUT2D eigenvalue weighted by atomic mass is 16.5. The standard InChI is InChI=1S/C13H29NO2/c1-7-14-11(10-15-8-2)12(16-9-3)13(4,5)6/h11-12,14H,7-10H2,1-6H3. The molecule has 0 rings (SSSR count). The van der Waals surface area contributed by atoms with Crippen molar-refractivity contribution in [3.05, 3.63) is 0 Å². The fourth-order valence-corrected chi connectivity index (χ4v) is 1.91. The van der Waals surface area contributed by atoms with Crippen molar-refractivity contribution in [3.8, 4) is 0 Å². The molecule has 0 aliphatic heterocycles. The summed E-state index contributed by atoms with van der Waals surface area (Å²) in [6.45, 7) is 16.0. The Kier molecular flexibility index (Phi) is 7.98. The second kappa shape index (κ2) is 8.04. The van der Waals surface area contributed by atoms with E-state index in [2.05, 4.69) is 33.0 Å². The molecule has 0 aliphatic rings. The van der Waals surface area contributed by atoms with Crippen molar-refractivity contribution in [1.29, 1.82) is 0 Å². The van der Waals surface area contributed by atoms with E-state index in [1.54, 1.807) is 0 Å². The molecule has 0 radical (unpaired) electrons. The van der Waals surface area contributed by atoms with Crippen LogP contribution in [0, 0.1) is 5.41 Å². The molecule has 2 atom stereocenters. The Morgan fingerprint density at radius 3 is 2.06 bits per heavy atom. The number of likely N-dealkylation sites (N-methyl/N-ethyl adjacent to an activating group) is 1. The summed E-state index contributed by atoms with van der Waals surface area (Å²) >= 11 is 0. The summed E-state index contributed by atoms with van der Waals surface area (Å²) in [6.07, 6.45) is 0.184. The van der Waals surface area contributed by atoms with E-state index in [1.165, 1.54) is 0 Å². The van der Waals surface area contributed by atoms with Crippen LogP contribution in [0.5, 0.6) is 0 Å². The lowest BCUT2D eigenvalue weighted by Crippen LogP contribution is -2.50. The first-order valence-electron chi connectivity index (χ1n) is 6.40. The minimum Gasteiger partial charge on any atom is -0.380 e. The molecule has 98 valence electrons. The number of hydrogen-bond acceptors (Lipinski definition) is 3. The van der Waals surface area contributed by atoms with Crippen molar-refractivity contribution >= 4 is 0 Å². The Bertz CT molecular complexity index is 166. The summed E-state index contributed by atoms with van der Waals surface area (Å²) in [5.41, 5.74) is 0.125. The largest absolute Gasteiger partial charge is 0.380 e. The van der Waals surface area contributed by atoms with Gasteiger partial charge in [0.25, 0.3) is 0 Å². The van der Waals surface area contributed by atoms with Crippen molar-refractivity contribution in [2.75, 3.05) is 26.4 Å². The van der Waals surface area contributed by atoms with Crippen molar-refractivity contribution in [1.82, 2.24) is 5.32 Å². The average molecular weight is 231 g/mol. The zero-order valence-electron chi connectivity index (χ0n) is 11.8. The van der Waals surface area contributed by atoms with Gasteiger partial charge < -0.3 is 14.8 Å². The van der Waals surface area contributed by atoms with Crippen LogP contribution in [0.4, 0.5) is 0 Å². The van der Waals surface area contributed by atoms with Crippen molar-refractivity contribution in [3.63, 3.8) is 0 Å². The van der Waals surface area contributed by atoms with Crippen molar-refractivity contribution < 1.29 is 9.47 Å². The van der Waals surface area contributed by atoms with Gasteiger partial charge in [-0.15, -0.1) is 0 Å². The first-order chi connectivity index (χ1) is 7.47. The third-order valence-electron chi connectivity index (χ3n) is 2.53. The first kappa shape index (κ1) is 15.9.